The number of carbonyl (C=O) groups is 3. The van der Waals surface area contributed by atoms with Gasteiger partial charge in [-0.3, -0.25) is 15.0 Å². The van der Waals surface area contributed by atoms with Gasteiger partial charge in [-0.25, -0.2) is 4.79 Å². The van der Waals surface area contributed by atoms with E-state index in [1.54, 1.807) is 12.1 Å². The third-order valence-corrected chi connectivity index (χ3v) is 5.64. The van der Waals surface area contributed by atoms with Gasteiger partial charge in [0.1, 0.15) is 5.54 Å². The molecule has 1 heterocycles. The standard InChI is InChI=1S/C25H23N3O3/c1-2-25(20-16-10-5-11-17-20)23(30)28(24(31)26-25)27-22(29)21(18-12-6-3-7-13-18)19-14-8-4-9-15-19/h3-17,21H,2H2,1H3,(H,26,31)(H,27,29)/t25-/m1/s1. The molecule has 1 aliphatic rings. The van der Waals surface area contributed by atoms with Gasteiger partial charge in [0.2, 0.25) is 0 Å². The van der Waals surface area contributed by atoms with Gasteiger partial charge >= 0.3 is 6.03 Å². The smallest absolute Gasteiger partial charge is 0.318 e. The first-order chi connectivity index (χ1) is 15.1. The number of amides is 4. The Morgan fingerprint density at radius 1 is 0.871 bits per heavy atom. The molecule has 3 aromatic carbocycles. The number of imide groups is 1. The summed E-state index contributed by atoms with van der Waals surface area (Å²) in [5.41, 5.74) is 3.57. The highest BCUT2D eigenvalue weighted by molar-refractivity contribution is 6.08. The summed E-state index contributed by atoms with van der Waals surface area (Å²) in [5, 5.41) is 3.58. The molecule has 1 saturated heterocycles. The van der Waals surface area contributed by atoms with Crippen molar-refractivity contribution in [2.45, 2.75) is 24.8 Å². The largest absolute Gasteiger partial charge is 0.344 e. The lowest BCUT2D eigenvalue weighted by Gasteiger charge is -2.26. The molecule has 0 saturated carbocycles. The molecule has 6 heteroatoms. The highest BCUT2D eigenvalue weighted by Crippen LogP contribution is 2.32. The van der Waals surface area contributed by atoms with Crippen molar-refractivity contribution < 1.29 is 14.4 Å². The average Bonchev–Trinajstić information content (AvgIpc) is 3.06. The van der Waals surface area contributed by atoms with Gasteiger partial charge in [-0.15, -0.1) is 0 Å². The maximum absolute atomic E-state index is 13.3. The Hall–Kier alpha value is -3.93. The molecule has 1 fully saturated rings. The van der Waals surface area contributed by atoms with E-state index < -0.39 is 29.3 Å². The zero-order chi connectivity index (χ0) is 21.8. The number of nitrogens with zero attached hydrogens (tertiary/aromatic N) is 1. The number of carbonyl (C=O) groups excluding carboxylic acids is 3. The van der Waals surface area contributed by atoms with Crippen LogP contribution in [0.4, 0.5) is 4.79 Å². The number of hydrogen-bond donors (Lipinski definition) is 2. The summed E-state index contributed by atoms with van der Waals surface area (Å²) in [6, 6.07) is 27.0. The van der Waals surface area contributed by atoms with E-state index in [1.807, 2.05) is 85.8 Å². The molecule has 1 aliphatic heterocycles. The lowest BCUT2D eigenvalue weighted by Crippen LogP contribution is -2.50. The quantitative estimate of drug-likeness (QED) is 0.605. The minimum atomic E-state index is -1.21. The Morgan fingerprint density at radius 3 is 1.84 bits per heavy atom. The summed E-state index contributed by atoms with van der Waals surface area (Å²) >= 11 is 0. The number of hydrogen-bond acceptors (Lipinski definition) is 3. The first kappa shape index (κ1) is 20.3. The Bertz CT molecular complexity index is 1050. The van der Waals surface area contributed by atoms with Crippen LogP contribution >= 0.6 is 0 Å². The van der Waals surface area contributed by atoms with Crippen molar-refractivity contribution in [2.24, 2.45) is 0 Å². The van der Waals surface area contributed by atoms with E-state index in [0.29, 0.717) is 12.0 Å². The van der Waals surface area contributed by atoms with Crippen molar-refractivity contribution >= 4 is 17.8 Å². The van der Waals surface area contributed by atoms with Gasteiger partial charge in [0.05, 0.1) is 5.92 Å². The molecular formula is C25H23N3O3. The lowest BCUT2D eigenvalue weighted by molar-refractivity contribution is -0.139. The fourth-order valence-corrected chi connectivity index (χ4v) is 4.00. The molecule has 156 valence electrons. The summed E-state index contributed by atoms with van der Waals surface area (Å²) in [6.07, 6.45) is 0.356. The maximum atomic E-state index is 13.3. The van der Waals surface area contributed by atoms with Crippen LogP contribution in [-0.2, 0) is 15.1 Å². The van der Waals surface area contributed by atoms with Crippen LogP contribution in [-0.4, -0.2) is 22.9 Å². The Kier molecular flexibility index (Phi) is 5.54. The SMILES string of the molecule is CC[C@]1(c2ccccc2)NC(=O)N(NC(=O)C(c2ccccc2)c2ccccc2)C1=O. The predicted molar refractivity (Wildman–Crippen MR) is 117 cm³/mol. The van der Waals surface area contributed by atoms with Gasteiger partial charge in [0.15, 0.2) is 0 Å². The highest BCUT2D eigenvalue weighted by atomic mass is 16.2. The van der Waals surface area contributed by atoms with E-state index in [4.69, 9.17) is 0 Å². The lowest BCUT2D eigenvalue weighted by atomic mass is 9.87. The van der Waals surface area contributed by atoms with Crippen LogP contribution in [0, 0.1) is 0 Å². The molecule has 6 nitrogen and oxygen atoms in total. The van der Waals surface area contributed by atoms with Crippen LogP contribution in [0.2, 0.25) is 0 Å². The van der Waals surface area contributed by atoms with E-state index in [0.717, 1.165) is 16.1 Å². The topological polar surface area (TPSA) is 78.5 Å². The number of urea groups is 1. The van der Waals surface area contributed by atoms with Crippen molar-refractivity contribution in [1.82, 2.24) is 15.8 Å². The molecule has 0 spiro atoms. The van der Waals surface area contributed by atoms with E-state index in [-0.39, 0.29) is 0 Å². The van der Waals surface area contributed by atoms with Crippen LogP contribution in [0.1, 0.15) is 36.0 Å². The van der Waals surface area contributed by atoms with Gasteiger partial charge in [-0.1, -0.05) is 97.9 Å². The van der Waals surface area contributed by atoms with Gasteiger partial charge in [0.25, 0.3) is 11.8 Å². The molecule has 0 radical (unpaired) electrons. The molecular weight excluding hydrogens is 390 g/mol. The summed E-state index contributed by atoms with van der Waals surface area (Å²) < 4.78 is 0. The van der Waals surface area contributed by atoms with Crippen molar-refractivity contribution in [2.75, 3.05) is 0 Å². The van der Waals surface area contributed by atoms with Gasteiger partial charge < -0.3 is 5.32 Å². The predicted octanol–water partition coefficient (Wildman–Crippen LogP) is 3.71. The number of benzene rings is 3. The minimum absolute atomic E-state index is 0.356. The second kappa shape index (κ2) is 8.44. The molecule has 4 amide bonds. The summed E-state index contributed by atoms with van der Waals surface area (Å²) in [5.74, 6) is -1.63. The third kappa shape index (κ3) is 3.68. The zero-order valence-electron chi connectivity index (χ0n) is 17.1. The molecule has 3 aromatic rings. The summed E-state index contributed by atoms with van der Waals surface area (Å²) in [7, 11) is 0. The van der Waals surface area contributed by atoms with Gasteiger partial charge in [0, 0.05) is 0 Å². The fourth-order valence-electron chi connectivity index (χ4n) is 4.00. The van der Waals surface area contributed by atoms with Crippen LogP contribution in [0.15, 0.2) is 91.0 Å². The monoisotopic (exact) mass is 413 g/mol. The zero-order valence-corrected chi connectivity index (χ0v) is 17.1. The number of hydrazine groups is 1. The Labute approximate surface area is 180 Å². The normalized spacial score (nSPS) is 18.2. The second-order valence-electron chi connectivity index (χ2n) is 7.43. The van der Waals surface area contributed by atoms with Gasteiger partial charge in [-0.05, 0) is 23.1 Å². The molecule has 4 rings (SSSR count). The molecule has 0 aliphatic carbocycles. The summed E-state index contributed by atoms with van der Waals surface area (Å²) in [4.78, 5) is 39.4. The van der Waals surface area contributed by atoms with Crippen molar-refractivity contribution in [3.05, 3.63) is 108 Å². The van der Waals surface area contributed by atoms with Crippen LogP contribution < -0.4 is 10.7 Å². The van der Waals surface area contributed by atoms with Gasteiger partial charge in [-0.2, -0.15) is 5.01 Å². The van der Waals surface area contributed by atoms with E-state index in [2.05, 4.69) is 10.7 Å². The second-order valence-corrected chi connectivity index (χ2v) is 7.43. The minimum Gasteiger partial charge on any atom is -0.318 e. The summed E-state index contributed by atoms with van der Waals surface area (Å²) in [6.45, 7) is 1.83. The Morgan fingerprint density at radius 2 is 1.35 bits per heavy atom. The molecule has 31 heavy (non-hydrogen) atoms. The molecule has 2 N–H and O–H groups in total. The van der Waals surface area contributed by atoms with Crippen molar-refractivity contribution in [3.8, 4) is 0 Å². The maximum Gasteiger partial charge on any atom is 0.344 e. The number of rotatable bonds is 6. The fraction of sp³-hybridized carbons (Fsp3) is 0.160. The van der Waals surface area contributed by atoms with Crippen LogP contribution in [0.3, 0.4) is 0 Å². The Balaban J connectivity index is 1.65. The van der Waals surface area contributed by atoms with E-state index in [1.165, 1.54) is 0 Å². The average molecular weight is 413 g/mol. The first-order valence-electron chi connectivity index (χ1n) is 10.2. The molecule has 0 unspecified atom stereocenters. The highest BCUT2D eigenvalue weighted by Gasteiger charge is 2.52. The molecule has 0 aromatic heterocycles. The van der Waals surface area contributed by atoms with E-state index in [9.17, 15) is 14.4 Å². The van der Waals surface area contributed by atoms with Crippen molar-refractivity contribution in [3.63, 3.8) is 0 Å². The van der Waals surface area contributed by atoms with Crippen molar-refractivity contribution in [1.29, 1.82) is 0 Å². The first-order valence-corrected chi connectivity index (χ1v) is 10.2. The van der Waals surface area contributed by atoms with E-state index >= 15 is 0 Å². The van der Waals surface area contributed by atoms with Crippen LogP contribution in [0.25, 0.3) is 0 Å². The van der Waals surface area contributed by atoms with Crippen LogP contribution in [0.5, 0.6) is 0 Å². The third-order valence-electron chi connectivity index (χ3n) is 5.64. The molecule has 1 atom stereocenters. The number of nitrogens with one attached hydrogen (secondary N) is 2. The molecule has 0 bridgehead atoms.